The number of rotatable bonds is 3. The van der Waals surface area contributed by atoms with Gasteiger partial charge in [-0.2, -0.15) is 0 Å². The van der Waals surface area contributed by atoms with Crippen molar-refractivity contribution >= 4 is 22.2 Å². The molecule has 0 saturated heterocycles. The third kappa shape index (κ3) is 2.58. The fourth-order valence-corrected chi connectivity index (χ4v) is 2.34. The van der Waals surface area contributed by atoms with Crippen LogP contribution in [0.25, 0.3) is 10.8 Å². The van der Waals surface area contributed by atoms with Gasteiger partial charge in [-0.15, -0.1) is 0 Å². The number of benzene rings is 3. The van der Waals surface area contributed by atoms with Crippen LogP contribution in [0, 0.1) is 0 Å². The smallest absolute Gasteiger partial charge is 0.161 e. The SMILES string of the molecule is CC(=O)c1ccc(Oc2cccc3ccccc23)cc1N. The van der Waals surface area contributed by atoms with Crippen LogP contribution < -0.4 is 10.5 Å². The molecular weight excluding hydrogens is 262 g/mol. The molecule has 3 aromatic rings. The standard InChI is InChI=1S/C18H15NO2/c1-12(20)15-10-9-14(11-17(15)19)21-18-8-4-6-13-5-2-3-7-16(13)18/h2-11H,19H2,1H3. The number of fused-ring (bicyclic) bond motifs is 1. The molecule has 0 spiro atoms. The summed E-state index contributed by atoms with van der Waals surface area (Å²) in [5, 5.41) is 2.15. The van der Waals surface area contributed by atoms with Gasteiger partial charge in [0, 0.05) is 22.7 Å². The number of ketones is 1. The number of hydrogen-bond donors (Lipinski definition) is 1. The second-order valence-corrected chi connectivity index (χ2v) is 4.88. The summed E-state index contributed by atoms with van der Waals surface area (Å²) in [4.78, 5) is 11.4. The van der Waals surface area contributed by atoms with E-state index in [2.05, 4.69) is 0 Å². The first-order valence-electron chi connectivity index (χ1n) is 6.71. The second kappa shape index (κ2) is 5.29. The predicted molar refractivity (Wildman–Crippen MR) is 84.9 cm³/mol. The van der Waals surface area contributed by atoms with Crippen molar-refractivity contribution in [2.45, 2.75) is 6.92 Å². The van der Waals surface area contributed by atoms with Gasteiger partial charge < -0.3 is 10.5 Å². The molecule has 0 unspecified atom stereocenters. The zero-order chi connectivity index (χ0) is 14.8. The molecule has 0 radical (unpaired) electrons. The highest BCUT2D eigenvalue weighted by Gasteiger charge is 2.08. The van der Waals surface area contributed by atoms with Gasteiger partial charge in [-0.05, 0) is 30.5 Å². The number of anilines is 1. The topological polar surface area (TPSA) is 52.3 Å². The van der Waals surface area contributed by atoms with Crippen LogP contribution in [0.3, 0.4) is 0 Å². The zero-order valence-electron chi connectivity index (χ0n) is 11.7. The maximum absolute atomic E-state index is 11.4. The van der Waals surface area contributed by atoms with Gasteiger partial charge in [0.15, 0.2) is 5.78 Å². The quantitative estimate of drug-likeness (QED) is 0.569. The summed E-state index contributed by atoms with van der Waals surface area (Å²) in [5.41, 5.74) is 6.83. The van der Waals surface area contributed by atoms with E-state index in [1.165, 1.54) is 6.92 Å². The highest BCUT2D eigenvalue weighted by Crippen LogP contribution is 2.31. The monoisotopic (exact) mass is 277 g/mol. The minimum absolute atomic E-state index is 0.0517. The van der Waals surface area contributed by atoms with Crippen molar-refractivity contribution in [2.24, 2.45) is 0 Å². The molecule has 0 bridgehead atoms. The number of carbonyl (C=O) groups excluding carboxylic acids is 1. The number of ether oxygens (including phenoxy) is 1. The van der Waals surface area contributed by atoms with Crippen LogP contribution in [0.15, 0.2) is 60.7 Å². The summed E-state index contributed by atoms with van der Waals surface area (Å²) in [6.07, 6.45) is 0. The molecule has 0 atom stereocenters. The first-order valence-corrected chi connectivity index (χ1v) is 6.71. The predicted octanol–water partition coefficient (Wildman–Crippen LogP) is 4.42. The van der Waals surface area contributed by atoms with E-state index in [-0.39, 0.29) is 5.78 Å². The first kappa shape index (κ1) is 13.2. The lowest BCUT2D eigenvalue weighted by atomic mass is 10.1. The lowest BCUT2D eigenvalue weighted by Crippen LogP contribution is -1.99. The Kier molecular flexibility index (Phi) is 3.32. The van der Waals surface area contributed by atoms with Gasteiger partial charge in [-0.25, -0.2) is 0 Å². The lowest BCUT2D eigenvalue weighted by Gasteiger charge is -2.10. The first-order chi connectivity index (χ1) is 10.1. The molecule has 104 valence electrons. The Morgan fingerprint density at radius 3 is 2.52 bits per heavy atom. The molecule has 0 aliphatic heterocycles. The molecule has 3 heteroatoms. The summed E-state index contributed by atoms with van der Waals surface area (Å²) >= 11 is 0. The maximum atomic E-state index is 11.4. The van der Waals surface area contributed by atoms with Crippen molar-refractivity contribution in [3.63, 3.8) is 0 Å². The van der Waals surface area contributed by atoms with E-state index < -0.39 is 0 Å². The third-order valence-electron chi connectivity index (χ3n) is 3.38. The summed E-state index contributed by atoms with van der Waals surface area (Å²) in [6, 6.07) is 19.0. The fraction of sp³-hybridized carbons (Fsp3) is 0.0556. The normalized spacial score (nSPS) is 10.5. The van der Waals surface area contributed by atoms with E-state index in [4.69, 9.17) is 10.5 Å². The van der Waals surface area contributed by atoms with Crippen molar-refractivity contribution in [3.05, 3.63) is 66.2 Å². The Balaban J connectivity index is 1.99. The molecular formula is C18H15NO2. The molecule has 0 aliphatic carbocycles. The van der Waals surface area contributed by atoms with Crippen LogP contribution >= 0.6 is 0 Å². The maximum Gasteiger partial charge on any atom is 0.161 e. The fourth-order valence-electron chi connectivity index (χ4n) is 2.34. The lowest BCUT2D eigenvalue weighted by molar-refractivity contribution is 0.101. The number of Topliss-reactive ketones (excluding diaryl/α,β-unsaturated/α-hetero) is 1. The zero-order valence-corrected chi connectivity index (χ0v) is 11.7. The van der Waals surface area contributed by atoms with Crippen LogP contribution in [0.5, 0.6) is 11.5 Å². The van der Waals surface area contributed by atoms with Gasteiger partial charge >= 0.3 is 0 Å². The number of nitrogen functional groups attached to an aromatic ring is 1. The van der Waals surface area contributed by atoms with Crippen LogP contribution in [-0.4, -0.2) is 5.78 Å². The summed E-state index contributed by atoms with van der Waals surface area (Å²) in [5.74, 6) is 1.33. The molecule has 21 heavy (non-hydrogen) atoms. The molecule has 0 heterocycles. The van der Waals surface area contributed by atoms with E-state index >= 15 is 0 Å². The Labute approximate surface area is 123 Å². The van der Waals surface area contributed by atoms with Crippen molar-refractivity contribution < 1.29 is 9.53 Å². The molecule has 0 aliphatic rings. The van der Waals surface area contributed by atoms with Crippen LogP contribution in [0.4, 0.5) is 5.69 Å². The van der Waals surface area contributed by atoms with E-state index in [9.17, 15) is 4.79 Å². The minimum atomic E-state index is -0.0517. The molecule has 0 saturated carbocycles. The summed E-state index contributed by atoms with van der Waals surface area (Å²) in [7, 11) is 0. The molecule has 3 nitrogen and oxygen atoms in total. The van der Waals surface area contributed by atoms with Crippen molar-refractivity contribution in [2.75, 3.05) is 5.73 Å². The Morgan fingerprint density at radius 2 is 1.76 bits per heavy atom. The Morgan fingerprint density at radius 1 is 1.00 bits per heavy atom. The van der Waals surface area contributed by atoms with Crippen molar-refractivity contribution in [1.82, 2.24) is 0 Å². The molecule has 3 aromatic carbocycles. The van der Waals surface area contributed by atoms with E-state index in [1.807, 2.05) is 42.5 Å². The highest BCUT2D eigenvalue weighted by molar-refractivity contribution is 5.99. The van der Waals surface area contributed by atoms with Gasteiger partial charge in [0.1, 0.15) is 11.5 Å². The second-order valence-electron chi connectivity index (χ2n) is 4.88. The number of nitrogens with two attached hydrogens (primary N) is 1. The molecule has 3 rings (SSSR count). The van der Waals surface area contributed by atoms with Crippen molar-refractivity contribution in [1.29, 1.82) is 0 Å². The van der Waals surface area contributed by atoms with E-state index in [1.54, 1.807) is 18.2 Å². The number of hydrogen-bond acceptors (Lipinski definition) is 3. The Hall–Kier alpha value is -2.81. The van der Waals surface area contributed by atoms with Crippen molar-refractivity contribution in [3.8, 4) is 11.5 Å². The number of carbonyl (C=O) groups is 1. The van der Waals surface area contributed by atoms with E-state index in [0.29, 0.717) is 17.0 Å². The third-order valence-corrected chi connectivity index (χ3v) is 3.38. The molecule has 0 fully saturated rings. The highest BCUT2D eigenvalue weighted by atomic mass is 16.5. The van der Waals surface area contributed by atoms with Gasteiger partial charge in [0.2, 0.25) is 0 Å². The molecule has 2 N–H and O–H groups in total. The van der Waals surface area contributed by atoms with Gasteiger partial charge in [-0.3, -0.25) is 4.79 Å². The average molecular weight is 277 g/mol. The minimum Gasteiger partial charge on any atom is -0.457 e. The molecule has 0 aromatic heterocycles. The Bertz CT molecular complexity index is 819. The van der Waals surface area contributed by atoms with Gasteiger partial charge in [0.05, 0.1) is 0 Å². The van der Waals surface area contributed by atoms with Crippen LogP contribution in [-0.2, 0) is 0 Å². The largest absolute Gasteiger partial charge is 0.457 e. The van der Waals surface area contributed by atoms with Gasteiger partial charge in [-0.1, -0.05) is 36.4 Å². The summed E-state index contributed by atoms with van der Waals surface area (Å²) < 4.78 is 5.92. The average Bonchev–Trinajstić information content (AvgIpc) is 2.47. The van der Waals surface area contributed by atoms with E-state index in [0.717, 1.165) is 16.5 Å². The molecule has 0 amide bonds. The van der Waals surface area contributed by atoms with Gasteiger partial charge in [0.25, 0.3) is 0 Å². The van der Waals surface area contributed by atoms with Crippen LogP contribution in [0.2, 0.25) is 0 Å². The summed E-state index contributed by atoms with van der Waals surface area (Å²) in [6.45, 7) is 1.50. The van der Waals surface area contributed by atoms with Crippen LogP contribution in [0.1, 0.15) is 17.3 Å².